The summed E-state index contributed by atoms with van der Waals surface area (Å²) in [5.41, 5.74) is 13.6. The molecular weight excluding hydrogens is 234 g/mol. The van der Waals surface area contributed by atoms with Gasteiger partial charge in [-0.3, -0.25) is 0 Å². The van der Waals surface area contributed by atoms with Gasteiger partial charge in [0.15, 0.2) is 0 Å². The summed E-state index contributed by atoms with van der Waals surface area (Å²) in [6.45, 7) is 6.24. The number of fused-ring (bicyclic) bond motifs is 1. The molecule has 0 saturated heterocycles. The third-order valence-corrected chi connectivity index (χ3v) is 3.48. The maximum Gasteiger partial charge on any atom is 0.140 e. The number of rotatable bonds is 1. The first kappa shape index (κ1) is 11.8. The first-order valence-corrected chi connectivity index (χ1v) is 6.38. The van der Waals surface area contributed by atoms with E-state index < -0.39 is 0 Å². The number of pyridine rings is 1. The van der Waals surface area contributed by atoms with Crippen molar-refractivity contribution >= 4 is 16.7 Å². The molecule has 0 amide bonds. The molecule has 0 saturated carbocycles. The summed E-state index contributed by atoms with van der Waals surface area (Å²) in [4.78, 5) is 7.64. The normalized spacial score (nSPS) is 11.1. The van der Waals surface area contributed by atoms with Gasteiger partial charge in [0, 0.05) is 17.3 Å². The topological polar surface area (TPSA) is 54.7 Å². The minimum atomic E-state index is 0.749. The zero-order chi connectivity index (χ0) is 13.6. The fourth-order valence-electron chi connectivity index (χ4n) is 2.53. The first-order valence-electron chi connectivity index (χ1n) is 6.38. The maximum absolute atomic E-state index is 6.08. The van der Waals surface area contributed by atoms with Gasteiger partial charge >= 0.3 is 0 Å². The fraction of sp³-hybridized carbons (Fsp3) is 0.188. The Morgan fingerprint density at radius 1 is 1.05 bits per heavy atom. The van der Waals surface area contributed by atoms with E-state index in [2.05, 4.69) is 48.1 Å². The molecule has 0 spiro atoms. The second-order valence-corrected chi connectivity index (χ2v) is 5.10. The lowest BCUT2D eigenvalue weighted by atomic mass is 9.96. The van der Waals surface area contributed by atoms with Crippen LogP contribution in [0.1, 0.15) is 16.8 Å². The molecule has 0 aliphatic carbocycles. The van der Waals surface area contributed by atoms with Crippen molar-refractivity contribution in [2.45, 2.75) is 20.8 Å². The van der Waals surface area contributed by atoms with Gasteiger partial charge < -0.3 is 10.7 Å². The Morgan fingerprint density at radius 2 is 1.84 bits per heavy atom. The van der Waals surface area contributed by atoms with Crippen LogP contribution in [0.5, 0.6) is 0 Å². The van der Waals surface area contributed by atoms with Crippen molar-refractivity contribution in [3.8, 4) is 11.1 Å². The van der Waals surface area contributed by atoms with Gasteiger partial charge in [-0.25, -0.2) is 4.98 Å². The van der Waals surface area contributed by atoms with Crippen LogP contribution in [-0.4, -0.2) is 9.97 Å². The molecule has 1 aromatic carbocycles. The molecule has 0 aliphatic heterocycles. The molecule has 0 fully saturated rings. The number of hydrogen-bond donors (Lipinski definition) is 2. The second kappa shape index (κ2) is 4.12. The Hall–Kier alpha value is -2.29. The van der Waals surface area contributed by atoms with Crippen LogP contribution in [0, 0.1) is 20.8 Å². The van der Waals surface area contributed by atoms with Crippen LogP contribution >= 0.6 is 0 Å². The largest absolute Gasteiger partial charge is 0.397 e. The molecule has 19 heavy (non-hydrogen) atoms. The Labute approximate surface area is 112 Å². The molecule has 3 aromatic rings. The van der Waals surface area contributed by atoms with E-state index in [0.717, 1.165) is 28.0 Å². The van der Waals surface area contributed by atoms with E-state index in [9.17, 15) is 0 Å². The number of hydrogen-bond acceptors (Lipinski definition) is 2. The highest BCUT2D eigenvalue weighted by molar-refractivity contribution is 6.02. The van der Waals surface area contributed by atoms with Crippen LogP contribution in [0.2, 0.25) is 0 Å². The molecule has 96 valence electrons. The second-order valence-electron chi connectivity index (χ2n) is 5.10. The van der Waals surface area contributed by atoms with E-state index in [4.69, 9.17) is 5.73 Å². The Balaban J connectivity index is 2.41. The standard InChI is InChI=1S/C16H17N3/c1-9-4-5-10(2)12(6-9)13-7-11(3)19-16-15(13)14(17)8-18-16/h4-8H,17H2,1-3H3,(H,18,19). The number of nitrogens with zero attached hydrogens (tertiary/aromatic N) is 1. The van der Waals surface area contributed by atoms with E-state index in [0.29, 0.717) is 0 Å². The van der Waals surface area contributed by atoms with Crippen molar-refractivity contribution < 1.29 is 0 Å². The van der Waals surface area contributed by atoms with Crippen LogP contribution in [0.4, 0.5) is 5.69 Å². The Morgan fingerprint density at radius 3 is 2.63 bits per heavy atom. The van der Waals surface area contributed by atoms with Crippen molar-refractivity contribution in [1.82, 2.24) is 9.97 Å². The van der Waals surface area contributed by atoms with Crippen molar-refractivity contribution in [1.29, 1.82) is 0 Å². The average molecular weight is 251 g/mol. The number of anilines is 1. The lowest BCUT2D eigenvalue weighted by molar-refractivity contribution is 1.22. The molecule has 3 nitrogen and oxygen atoms in total. The van der Waals surface area contributed by atoms with Crippen LogP contribution in [-0.2, 0) is 0 Å². The minimum Gasteiger partial charge on any atom is -0.397 e. The van der Waals surface area contributed by atoms with E-state index in [1.807, 2.05) is 13.1 Å². The number of aromatic amines is 1. The minimum absolute atomic E-state index is 0.749. The lowest BCUT2D eigenvalue weighted by Gasteiger charge is -2.10. The number of H-pyrrole nitrogens is 1. The SMILES string of the molecule is Cc1ccc(C)c(-c2cc(C)nc3[nH]cc(N)c23)c1. The van der Waals surface area contributed by atoms with Crippen LogP contribution < -0.4 is 5.73 Å². The predicted molar refractivity (Wildman–Crippen MR) is 80.2 cm³/mol. The zero-order valence-electron chi connectivity index (χ0n) is 11.4. The van der Waals surface area contributed by atoms with Gasteiger partial charge in [0.2, 0.25) is 0 Å². The number of benzene rings is 1. The summed E-state index contributed by atoms with van der Waals surface area (Å²) in [6.07, 6.45) is 1.81. The molecule has 2 heterocycles. The summed E-state index contributed by atoms with van der Waals surface area (Å²) in [6, 6.07) is 8.59. The highest BCUT2D eigenvalue weighted by Crippen LogP contribution is 2.34. The van der Waals surface area contributed by atoms with Crippen molar-refractivity contribution in [2.75, 3.05) is 5.73 Å². The number of aromatic nitrogens is 2. The van der Waals surface area contributed by atoms with E-state index in [1.165, 1.54) is 16.7 Å². The number of aryl methyl sites for hydroxylation is 3. The van der Waals surface area contributed by atoms with E-state index in [-0.39, 0.29) is 0 Å². The lowest BCUT2D eigenvalue weighted by Crippen LogP contribution is -1.92. The fourth-order valence-corrected chi connectivity index (χ4v) is 2.53. The number of nitrogens with two attached hydrogens (primary N) is 1. The van der Waals surface area contributed by atoms with Gasteiger partial charge in [-0.1, -0.05) is 23.8 Å². The van der Waals surface area contributed by atoms with Crippen LogP contribution in [0.3, 0.4) is 0 Å². The summed E-state index contributed by atoms with van der Waals surface area (Å²) in [5, 5.41) is 1.01. The highest BCUT2D eigenvalue weighted by Gasteiger charge is 2.12. The molecule has 0 unspecified atom stereocenters. The van der Waals surface area contributed by atoms with Gasteiger partial charge in [-0.05, 0) is 43.5 Å². The average Bonchev–Trinajstić information content (AvgIpc) is 2.73. The van der Waals surface area contributed by atoms with Gasteiger partial charge in [0.05, 0.1) is 5.69 Å². The molecular formula is C16H17N3. The first-order chi connectivity index (χ1) is 9.06. The molecule has 0 radical (unpaired) electrons. The molecule has 2 aromatic heterocycles. The van der Waals surface area contributed by atoms with Crippen LogP contribution in [0.15, 0.2) is 30.5 Å². The summed E-state index contributed by atoms with van der Waals surface area (Å²) in [5.74, 6) is 0. The van der Waals surface area contributed by atoms with Gasteiger partial charge in [-0.15, -0.1) is 0 Å². The third kappa shape index (κ3) is 1.87. The summed E-state index contributed by atoms with van der Waals surface area (Å²) < 4.78 is 0. The molecule has 3 rings (SSSR count). The summed E-state index contributed by atoms with van der Waals surface area (Å²) >= 11 is 0. The monoisotopic (exact) mass is 251 g/mol. The Kier molecular flexibility index (Phi) is 2.56. The molecule has 0 atom stereocenters. The summed E-state index contributed by atoms with van der Waals surface area (Å²) in [7, 11) is 0. The van der Waals surface area contributed by atoms with Gasteiger partial charge in [0.25, 0.3) is 0 Å². The molecule has 0 aliphatic rings. The number of nitrogens with one attached hydrogen (secondary N) is 1. The van der Waals surface area contributed by atoms with Crippen molar-refractivity contribution in [3.05, 3.63) is 47.3 Å². The smallest absolute Gasteiger partial charge is 0.140 e. The number of nitrogen functional groups attached to an aromatic ring is 1. The predicted octanol–water partition coefficient (Wildman–Crippen LogP) is 3.74. The quantitative estimate of drug-likeness (QED) is 0.692. The third-order valence-electron chi connectivity index (χ3n) is 3.48. The molecule has 3 heteroatoms. The van der Waals surface area contributed by atoms with Crippen molar-refractivity contribution in [3.63, 3.8) is 0 Å². The molecule has 3 N–H and O–H groups in total. The van der Waals surface area contributed by atoms with Crippen LogP contribution in [0.25, 0.3) is 22.2 Å². The van der Waals surface area contributed by atoms with Crippen molar-refractivity contribution in [2.24, 2.45) is 0 Å². The maximum atomic E-state index is 6.08. The Bertz CT molecular complexity index is 769. The molecule has 0 bridgehead atoms. The van der Waals surface area contributed by atoms with Gasteiger partial charge in [-0.2, -0.15) is 0 Å². The zero-order valence-corrected chi connectivity index (χ0v) is 11.4. The van der Waals surface area contributed by atoms with E-state index >= 15 is 0 Å². The van der Waals surface area contributed by atoms with E-state index in [1.54, 1.807) is 0 Å². The highest BCUT2D eigenvalue weighted by atomic mass is 14.9. The van der Waals surface area contributed by atoms with Gasteiger partial charge in [0.1, 0.15) is 5.65 Å².